The van der Waals surface area contributed by atoms with E-state index in [0.29, 0.717) is 54.4 Å². The molecule has 4 aromatic carbocycles. The van der Waals surface area contributed by atoms with Crippen LogP contribution in [-0.4, -0.2) is 70.5 Å². The third kappa shape index (κ3) is 10.5. The monoisotopic (exact) mass is 928 g/mol. The first-order valence-electron chi connectivity index (χ1n) is 18.8. The smallest absolute Gasteiger partial charge is 0.345 e. The normalized spacial score (nSPS) is 12.5. The molecule has 0 bridgehead atoms. The first-order chi connectivity index (χ1) is 29.4. The van der Waals surface area contributed by atoms with E-state index in [-0.39, 0.29) is 42.5 Å². The zero-order valence-electron chi connectivity index (χ0n) is 32.7. The second-order valence-electron chi connectivity index (χ2n) is 13.8. The van der Waals surface area contributed by atoms with Gasteiger partial charge in [-0.25, -0.2) is 29.1 Å². The molecule has 0 amide bonds. The van der Waals surface area contributed by atoms with Crippen molar-refractivity contribution in [3.63, 3.8) is 0 Å². The Bertz CT molecular complexity index is 2770. The Kier molecular flexibility index (Phi) is 13.6. The number of methoxy groups -OCH3 is 1. The highest BCUT2D eigenvalue weighted by Gasteiger charge is 2.27. The van der Waals surface area contributed by atoms with E-state index in [9.17, 15) is 27.8 Å². The molecule has 3 aromatic heterocycles. The minimum atomic E-state index is -4.08. The number of carboxylic acids is 1. The van der Waals surface area contributed by atoms with Crippen LogP contribution in [0.3, 0.4) is 0 Å². The number of hydrogen-bond acceptors (Lipinski definition) is 13. The number of carbonyl (C=O) groups is 1. The molecule has 61 heavy (non-hydrogen) atoms. The van der Waals surface area contributed by atoms with Gasteiger partial charge in [-0.1, -0.05) is 54.1 Å². The van der Waals surface area contributed by atoms with Crippen molar-refractivity contribution < 1.29 is 46.2 Å². The van der Waals surface area contributed by atoms with Gasteiger partial charge in [0, 0.05) is 12.6 Å². The average Bonchev–Trinajstić information content (AvgIpc) is 3.61. The number of fused-ring (bicyclic) bond motifs is 1. The summed E-state index contributed by atoms with van der Waals surface area (Å²) in [6, 6.07) is 26.5. The molecule has 7 aromatic rings. The summed E-state index contributed by atoms with van der Waals surface area (Å²) in [5.41, 5.74) is 4.03. The quantitative estimate of drug-likeness (QED) is 0.0785. The van der Waals surface area contributed by atoms with E-state index in [1.807, 2.05) is 31.2 Å². The van der Waals surface area contributed by atoms with E-state index in [0.717, 1.165) is 16.0 Å². The summed E-state index contributed by atoms with van der Waals surface area (Å²) in [4.78, 5) is 31.9. The van der Waals surface area contributed by atoms with Crippen LogP contribution < -0.4 is 14.2 Å². The number of benzene rings is 4. The number of para-hydroxylation sites is 1. The second kappa shape index (κ2) is 19.2. The number of hydrogen-bond donors (Lipinski definition) is 2. The van der Waals surface area contributed by atoms with Crippen LogP contribution >= 0.6 is 27.3 Å². The highest BCUT2D eigenvalue weighted by Crippen LogP contribution is 2.44. The van der Waals surface area contributed by atoms with E-state index in [4.69, 9.17) is 18.4 Å². The van der Waals surface area contributed by atoms with Gasteiger partial charge in [0.2, 0.25) is 12.0 Å². The minimum absolute atomic E-state index is 0.00165. The van der Waals surface area contributed by atoms with Gasteiger partial charge in [-0.15, -0.1) is 11.3 Å². The van der Waals surface area contributed by atoms with E-state index in [1.165, 1.54) is 41.9 Å². The highest BCUT2D eigenvalue weighted by molar-refractivity contribution is 9.10. The van der Waals surface area contributed by atoms with Gasteiger partial charge < -0.3 is 24.4 Å². The summed E-state index contributed by atoms with van der Waals surface area (Å²) < 4.78 is 62.8. The topological polar surface area (TPSA) is 180 Å². The Morgan fingerprint density at radius 3 is 2.48 bits per heavy atom. The van der Waals surface area contributed by atoms with Gasteiger partial charge in [0.25, 0.3) is 10.1 Å². The summed E-state index contributed by atoms with van der Waals surface area (Å²) in [5.74, 6) is -0.238. The summed E-state index contributed by atoms with van der Waals surface area (Å²) in [5, 5.41) is 21.7. The molecule has 0 saturated carbocycles. The maximum absolute atomic E-state index is 13.7. The van der Waals surface area contributed by atoms with Crippen LogP contribution in [0, 0.1) is 12.7 Å². The van der Waals surface area contributed by atoms with E-state index >= 15 is 0 Å². The van der Waals surface area contributed by atoms with Gasteiger partial charge >= 0.3 is 5.97 Å². The van der Waals surface area contributed by atoms with Crippen LogP contribution in [0.1, 0.15) is 28.8 Å². The fraction of sp³-hybridized carbons (Fsp3) is 0.205. The Hall–Kier alpha value is -5.85. The molecule has 2 unspecified atom stereocenters. The van der Waals surface area contributed by atoms with Crippen molar-refractivity contribution in [3.8, 4) is 39.2 Å². The lowest BCUT2D eigenvalue weighted by atomic mass is 10.00. The van der Waals surface area contributed by atoms with Crippen molar-refractivity contribution in [2.24, 2.45) is 0 Å². The van der Waals surface area contributed by atoms with Crippen LogP contribution in [-0.2, 0) is 38.5 Å². The fourth-order valence-corrected chi connectivity index (χ4v) is 9.23. The predicted octanol–water partition coefficient (Wildman–Crippen LogP) is 8.39. The Morgan fingerprint density at radius 1 is 0.951 bits per heavy atom. The minimum Gasteiger partial charge on any atom is -0.496 e. The van der Waals surface area contributed by atoms with E-state index in [1.54, 1.807) is 61.8 Å². The molecule has 13 nitrogen and oxygen atoms in total. The standard InChI is InChI=1S/C44H38BrFN4O9S2/c1-26-7-16-33(17-8-26)61(54,55)58-24-32(51)15-9-27-10-18-35(57-23-31-19-20-47-41(50-31)34-5-3-4-6-36(34)56-2)29(21-27)22-37(44(52)53)59-42-38-39(45)40(60-43(38)49-25-48-42)28-11-13-30(46)14-12-28/h3-8,10-14,16-21,25,32,37,51H,9,15,22-24H2,1-2H3,(H,52,53). The van der Waals surface area contributed by atoms with E-state index in [2.05, 4.69) is 35.9 Å². The summed E-state index contributed by atoms with van der Waals surface area (Å²) in [6.07, 6.45) is 0.552. The van der Waals surface area contributed by atoms with Crippen LogP contribution in [0.25, 0.3) is 32.0 Å². The average molecular weight is 930 g/mol. The lowest BCUT2D eigenvalue weighted by Gasteiger charge is -2.19. The molecule has 0 saturated heterocycles. The number of aliphatic hydroxyl groups excluding tert-OH is 1. The molecule has 2 N–H and O–H groups in total. The van der Waals surface area contributed by atoms with Crippen molar-refractivity contribution >= 4 is 53.6 Å². The van der Waals surface area contributed by atoms with Gasteiger partial charge in [0.1, 0.15) is 35.1 Å². The number of carboxylic acid groups (broad SMARTS) is 1. The number of aryl methyl sites for hydroxylation is 2. The lowest BCUT2D eigenvalue weighted by molar-refractivity contribution is -0.145. The number of rotatable bonds is 18. The van der Waals surface area contributed by atoms with Gasteiger partial charge in [0.05, 0.1) is 50.7 Å². The number of aliphatic hydroxyl groups is 1. The number of thiophene rings is 1. The maximum atomic E-state index is 13.7. The second-order valence-corrected chi connectivity index (χ2v) is 17.2. The molecule has 0 aliphatic heterocycles. The van der Waals surface area contributed by atoms with Crippen molar-refractivity contribution in [2.75, 3.05) is 13.7 Å². The number of halogens is 2. The van der Waals surface area contributed by atoms with Gasteiger partial charge in [-0.2, -0.15) is 8.42 Å². The molecule has 17 heteroatoms. The molecular formula is C44H38BrFN4O9S2. The Balaban J connectivity index is 1.13. The van der Waals surface area contributed by atoms with Crippen LogP contribution in [0.2, 0.25) is 0 Å². The maximum Gasteiger partial charge on any atom is 0.345 e. The van der Waals surface area contributed by atoms with Crippen LogP contribution in [0.4, 0.5) is 4.39 Å². The largest absolute Gasteiger partial charge is 0.496 e. The first kappa shape index (κ1) is 43.2. The molecule has 0 aliphatic rings. The third-order valence-corrected chi connectivity index (χ3v) is 13.0. The zero-order valence-corrected chi connectivity index (χ0v) is 35.9. The van der Waals surface area contributed by atoms with Crippen LogP contribution in [0.5, 0.6) is 17.4 Å². The van der Waals surface area contributed by atoms with Crippen LogP contribution in [0.15, 0.2) is 119 Å². The van der Waals surface area contributed by atoms with Crippen molar-refractivity contribution in [1.29, 1.82) is 0 Å². The molecular weight excluding hydrogens is 892 g/mol. The molecule has 3 heterocycles. The molecule has 314 valence electrons. The van der Waals surface area contributed by atoms with Gasteiger partial charge in [-0.05, 0) is 101 Å². The summed E-state index contributed by atoms with van der Waals surface area (Å²) in [6.45, 7) is 1.38. The molecule has 7 rings (SSSR count). The van der Waals surface area contributed by atoms with Crippen molar-refractivity contribution in [2.45, 2.75) is 49.9 Å². The number of aliphatic carboxylic acids is 1. The summed E-state index contributed by atoms with van der Waals surface area (Å²) >= 11 is 4.93. The van der Waals surface area contributed by atoms with Gasteiger partial charge in [0.15, 0.2) is 5.82 Å². The van der Waals surface area contributed by atoms with Gasteiger partial charge in [-0.3, -0.25) is 4.18 Å². The predicted molar refractivity (Wildman–Crippen MR) is 230 cm³/mol. The molecule has 0 radical (unpaired) electrons. The lowest BCUT2D eigenvalue weighted by Crippen LogP contribution is -2.30. The van der Waals surface area contributed by atoms with Crippen molar-refractivity contribution in [3.05, 3.63) is 142 Å². The Morgan fingerprint density at radius 2 is 1.72 bits per heavy atom. The molecule has 0 fully saturated rings. The number of aromatic nitrogens is 4. The first-order valence-corrected chi connectivity index (χ1v) is 21.8. The zero-order chi connectivity index (χ0) is 43.1. The summed E-state index contributed by atoms with van der Waals surface area (Å²) in [7, 11) is -2.52. The number of ether oxygens (including phenoxy) is 3. The SMILES string of the molecule is COc1ccccc1-c1nccc(COc2ccc(CCC(O)COS(=O)(=O)c3ccc(C)cc3)cc2CC(Oc2ncnc3sc(-c4ccc(F)cc4)c(Br)c23)C(=O)O)n1. The third-order valence-electron chi connectivity index (χ3n) is 9.49. The Labute approximate surface area is 363 Å². The molecule has 2 atom stereocenters. The highest BCUT2D eigenvalue weighted by atomic mass is 79.9. The van der Waals surface area contributed by atoms with Crippen molar-refractivity contribution in [1.82, 2.24) is 19.9 Å². The molecule has 0 aliphatic carbocycles. The number of nitrogens with zero attached hydrogens (tertiary/aromatic N) is 4. The molecule has 0 spiro atoms. The fourth-order valence-electron chi connectivity index (χ4n) is 6.30. The van der Waals surface area contributed by atoms with E-state index < -0.39 is 34.9 Å².